The van der Waals surface area contributed by atoms with Gasteiger partial charge in [-0.1, -0.05) is 36.5 Å². The van der Waals surface area contributed by atoms with Crippen molar-refractivity contribution in [3.63, 3.8) is 0 Å². The third-order valence-electron chi connectivity index (χ3n) is 1.52. The van der Waals surface area contributed by atoms with Crippen molar-refractivity contribution in [3.8, 4) is 0 Å². The van der Waals surface area contributed by atoms with E-state index >= 15 is 0 Å². The van der Waals surface area contributed by atoms with Crippen molar-refractivity contribution in [3.05, 3.63) is 36.5 Å². The van der Waals surface area contributed by atoms with E-state index in [9.17, 15) is 4.79 Å². The predicted molar refractivity (Wildman–Crippen MR) is 43.2 cm³/mol. The minimum Gasteiger partial charge on any atom is -0.481 e. The zero-order valence-electron chi connectivity index (χ0n) is 6.10. The van der Waals surface area contributed by atoms with Gasteiger partial charge < -0.3 is 5.11 Å². The predicted octanol–water partition coefficient (Wildman–Crippen LogP) is 1.76. The lowest BCUT2D eigenvalue weighted by Gasteiger charge is -2.03. The van der Waals surface area contributed by atoms with Gasteiger partial charge in [0.1, 0.15) is 0 Å². The number of carboxylic acids is 1. The summed E-state index contributed by atoms with van der Waals surface area (Å²) in [4.78, 5) is 10.5. The molecule has 1 rings (SSSR count). The second kappa shape index (κ2) is 3.76. The fraction of sp³-hybridized carbons (Fsp3) is 0.222. The summed E-state index contributed by atoms with van der Waals surface area (Å²) in [6.45, 7) is 0. The zero-order chi connectivity index (χ0) is 8.10. The highest BCUT2D eigenvalue weighted by Crippen LogP contribution is 2.08. The van der Waals surface area contributed by atoms with Gasteiger partial charge in [-0.3, -0.25) is 4.79 Å². The van der Waals surface area contributed by atoms with Crippen LogP contribution < -0.4 is 0 Å². The summed E-state index contributed by atoms with van der Waals surface area (Å²) in [5, 5.41) is 8.65. The molecule has 1 aliphatic rings. The highest BCUT2D eigenvalue weighted by Gasteiger charge is 2.10. The Morgan fingerprint density at radius 3 is 2.73 bits per heavy atom. The molecular weight excluding hydrogens is 140 g/mol. The summed E-state index contributed by atoms with van der Waals surface area (Å²) in [5.74, 6) is -1.13. The average molecular weight is 150 g/mol. The van der Waals surface area contributed by atoms with Crippen LogP contribution in [0.25, 0.3) is 0 Å². The third-order valence-corrected chi connectivity index (χ3v) is 1.52. The van der Waals surface area contributed by atoms with E-state index in [2.05, 4.69) is 0 Å². The molecule has 0 bridgehead atoms. The number of hydrogen-bond donors (Lipinski definition) is 1. The molecule has 0 heterocycles. The SMILES string of the molecule is O=C(O)[C@H]1C=CC=C/C=C/C1. The summed E-state index contributed by atoms with van der Waals surface area (Å²) >= 11 is 0. The van der Waals surface area contributed by atoms with E-state index < -0.39 is 5.97 Å². The van der Waals surface area contributed by atoms with Crippen LogP contribution in [0.1, 0.15) is 6.42 Å². The number of carbonyl (C=O) groups is 1. The molecule has 1 N–H and O–H groups in total. The quantitative estimate of drug-likeness (QED) is 0.618. The molecule has 0 saturated carbocycles. The molecular formula is C9H10O2. The number of aliphatic carboxylic acids is 1. The molecule has 1 atom stereocenters. The molecule has 11 heavy (non-hydrogen) atoms. The Morgan fingerprint density at radius 1 is 1.27 bits per heavy atom. The summed E-state index contributed by atoms with van der Waals surface area (Å²) in [7, 11) is 0. The van der Waals surface area contributed by atoms with E-state index in [1.807, 2.05) is 24.3 Å². The van der Waals surface area contributed by atoms with Gasteiger partial charge in [0, 0.05) is 0 Å². The summed E-state index contributed by atoms with van der Waals surface area (Å²) < 4.78 is 0. The first kappa shape index (κ1) is 7.79. The molecule has 0 unspecified atom stereocenters. The second-order valence-electron chi connectivity index (χ2n) is 2.38. The van der Waals surface area contributed by atoms with Crippen molar-refractivity contribution in [1.29, 1.82) is 0 Å². The maximum absolute atomic E-state index is 10.5. The van der Waals surface area contributed by atoms with Gasteiger partial charge >= 0.3 is 5.97 Å². The van der Waals surface area contributed by atoms with Crippen LogP contribution in [-0.2, 0) is 4.79 Å². The largest absolute Gasteiger partial charge is 0.481 e. The van der Waals surface area contributed by atoms with E-state index in [0.717, 1.165) is 0 Å². The van der Waals surface area contributed by atoms with Gasteiger partial charge in [-0.2, -0.15) is 0 Å². The Balaban J connectivity index is 2.68. The van der Waals surface area contributed by atoms with Crippen molar-refractivity contribution in [1.82, 2.24) is 0 Å². The van der Waals surface area contributed by atoms with Gasteiger partial charge in [-0.25, -0.2) is 0 Å². The highest BCUT2D eigenvalue weighted by molar-refractivity contribution is 5.72. The highest BCUT2D eigenvalue weighted by atomic mass is 16.4. The molecule has 0 radical (unpaired) electrons. The van der Waals surface area contributed by atoms with Crippen LogP contribution in [0.3, 0.4) is 0 Å². The normalized spacial score (nSPS) is 25.6. The van der Waals surface area contributed by atoms with Crippen LogP contribution in [0, 0.1) is 5.92 Å². The average Bonchev–Trinajstić information content (AvgIpc) is 1.84. The van der Waals surface area contributed by atoms with E-state index in [0.29, 0.717) is 6.42 Å². The maximum atomic E-state index is 10.5. The fourth-order valence-electron chi connectivity index (χ4n) is 0.892. The molecule has 0 fully saturated rings. The van der Waals surface area contributed by atoms with Gasteiger partial charge in [0.05, 0.1) is 5.92 Å². The van der Waals surface area contributed by atoms with Gasteiger partial charge in [0.25, 0.3) is 0 Å². The molecule has 0 amide bonds. The lowest BCUT2D eigenvalue weighted by atomic mass is 10.0. The Hall–Kier alpha value is -1.31. The maximum Gasteiger partial charge on any atom is 0.310 e. The van der Waals surface area contributed by atoms with Gasteiger partial charge in [-0.15, -0.1) is 0 Å². The van der Waals surface area contributed by atoms with E-state index in [4.69, 9.17) is 5.11 Å². The van der Waals surface area contributed by atoms with Gasteiger partial charge in [0.2, 0.25) is 0 Å². The molecule has 0 aromatic carbocycles. The molecule has 0 aromatic heterocycles. The Labute approximate surface area is 65.5 Å². The van der Waals surface area contributed by atoms with Gasteiger partial charge in [-0.05, 0) is 6.42 Å². The third kappa shape index (κ3) is 2.42. The number of rotatable bonds is 1. The van der Waals surface area contributed by atoms with Crippen molar-refractivity contribution in [2.75, 3.05) is 0 Å². The Bertz CT molecular complexity index is 224. The van der Waals surface area contributed by atoms with Crippen molar-refractivity contribution >= 4 is 5.97 Å². The van der Waals surface area contributed by atoms with E-state index in [-0.39, 0.29) is 5.92 Å². The van der Waals surface area contributed by atoms with Gasteiger partial charge in [0.15, 0.2) is 0 Å². The summed E-state index contributed by atoms with van der Waals surface area (Å²) in [6, 6.07) is 0. The van der Waals surface area contributed by atoms with Crippen LogP contribution >= 0.6 is 0 Å². The van der Waals surface area contributed by atoms with Crippen LogP contribution in [-0.4, -0.2) is 11.1 Å². The van der Waals surface area contributed by atoms with Crippen molar-refractivity contribution < 1.29 is 9.90 Å². The smallest absolute Gasteiger partial charge is 0.310 e. The van der Waals surface area contributed by atoms with Crippen LogP contribution in [0.15, 0.2) is 36.5 Å². The monoisotopic (exact) mass is 150 g/mol. The first-order chi connectivity index (χ1) is 5.30. The minimum atomic E-state index is -0.763. The molecule has 0 aromatic rings. The number of hydrogen-bond acceptors (Lipinski definition) is 1. The van der Waals surface area contributed by atoms with Crippen LogP contribution in [0.2, 0.25) is 0 Å². The molecule has 0 saturated heterocycles. The molecule has 0 spiro atoms. The first-order valence-corrected chi connectivity index (χ1v) is 3.53. The second-order valence-corrected chi connectivity index (χ2v) is 2.38. The summed E-state index contributed by atoms with van der Waals surface area (Å²) in [6.07, 6.45) is 11.5. The van der Waals surface area contributed by atoms with E-state index in [1.54, 1.807) is 12.2 Å². The lowest BCUT2D eigenvalue weighted by molar-refractivity contribution is -0.139. The first-order valence-electron chi connectivity index (χ1n) is 3.53. The number of allylic oxidation sites excluding steroid dienone is 5. The molecule has 2 heteroatoms. The molecule has 58 valence electrons. The lowest BCUT2D eigenvalue weighted by Crippen LogP contribution is -2.09. The van der Waals surface area contributed by atoms with Crippen LogP contribution in [0.4, 0.5) is 0 Å². The summed E-state index contributed by atoms with van der Waals surface area (Å²) in [5.41, 5.74) is 0. The minimum absolute atomic E-state index is 0.365. The van der Waals surface area contributed by atoms with Crippen molar-refractivity contribution in [2.24, 2.45) is 5.92 Å². The van der Waals surface area contributed by atoms with Crippen LogP contribution in [0.5, 0.6) is 0 Å². The zero-order valence-corrected chi connectivity index (χ0v) is 6.10. The fourth-order valence-corrected chi connectivity index (χ4v) is 0.892. The molecule has 2 nitrogen and oxygen atoms in total. The van der Waals surface area contributed by atoms with Crippen molar-refractivity contribution in [2.45, 2.75) is 6.42 Å². The number of carboxylic acid groups (broad SMARTS) is 1. The van der Waals surface area contributed by atoms with E-state index in [1.165, 1.54) is 0 Å². The topological polar surface area (TPSA) is 37.3 Å². The standard InChI is InChI=1S/C9H10O2/c10-9(11)8-6-4-2-1-3-5-7-8/h1-6,8H,7H2,(H,10,11)/b2-1?,5-3+,6-4?/t8-/m0/s1. The Morgan fingerprint density at radius 2 is 2.00 bits per heavy atom. The molecule has 1 aliphatic carbocycles. The Kier molecular flexibility index (Phi) is 2.66. The molecule has 0 aliphatic heterocycles.